The minimum absolute atomic E-state index is 0.0469. The number of halogens is 2. The summed E-state index contributed by atoms with van der Waals surface area (Å²) in [5.74, 6) is -1.07. The topological polar surface area (TPSA) is 144 Å². The van der Waals surface area contributed by atoms with Crippen LogP contribution < -0.4 is 16.8 Å². The van der Waals surface area contributed by atoms with Crippen LogP contribution >= 0.6 is 11.6 Å². The summed E-state index contributed by atoms with van der Waals surface area (Å²) in [5.41, 5.74) is 12.4. The maximum atomic E-state index is 14.2. The van der Waals surface area contributed by atoms with E-state index in [0.717, 1.165) is 4.90 Å². The molecule has 1 saturated heterocycles. The molecule has 0 aliphatic carbocycles. The number of amides is 3. The van der Waals surface area contributed by atoms with E-state index in [4.69, 9.17) is 23.1 Å². The van der Waals surface area contributed by atoms with E-state index in [1.54, 1.807) is 30.3 Å². The van der Waals surface area contributed by atoms with E-state index in [-0.39, 0.29) is 30.0 Å². The van der Waals surface area contributed by atoms with Crippen LogP contribution in [0.4, 0.5) is 19.7 Å². The Hall–Kier alpha value is -3.47. The van der Waals surface area contributed by atoms with Gasteiger partial charge in [0.2, 0.25) is 0 Å². The number of likely N-dealkylation sites (tertiary alicyclic amines) is 1. The zero-order valence-corrected chi connectivity index (χ0v) is 18.7. The summed E-state index contributed by atoms with van der Waals surface area (Å²) in [5, 5.41) is 13.7. The van der Waals surface area contributed by atoms with Crippen molar-refractivity contribution < 1.29 is 23.9 Å². The van der Waals surface area contributed by atoms with Crippen molar-refractivity contribution in [2.45, 2.75) is 31.0 Å². The lowest BCUT2D eigenvalue weighted by atomic mass is 9.99. The van der Waals surface area contributed by atoms with E-state index in [2.05, 4.69) is 5.32 Å². The van der Waals surface area contributed by atoms with E-state index < -0.39 is 41.9 Å². The van der Waals surface area contributed by atoms with Gasteiger partial charge in [0.1, 0.15) is 11.9 Å². The normalized spacial score (nSPS) is 20.0. The molecule has 1 aliphatic rings. The number of hydrogen-bond acceptors (Lipinski definition) is 5. The number of anilines is 1. The molecule has 4 rings (SSSR count). The number of nitrogens with zero attached hydrogens (tertiary/aromatic N) is 2. The largest absolute Gasteiger partial charge is 0.389 e. The molecule has 0 radical (unpaired) electrons. The van der Waals surface area contributed by atoms with Crippen LogP contribution in [0.25, 0.3) is 10.9 Å². The van der Waals surface area contributed by atoms with Gasteiger partial charge in [-0.15, -0.1) is 0 Å². The second-order valence-electron chi connectivity index (χ2n) is 8.13. The fourth-order valence-corrected chi connectivity index (χ4v) is 4.43. The van der Waals surface area contributed by atoms with E-state index in [1.807, 2.05) is 0 Å². The number of rotatable bonds is 5. The van der Waals surface area contributed by atoms with Gasteiger partial charge in [0, 0.05) is 24.5 Å². The van der Waals surface area contributed by atoms with E-state index in [9.17, 15) is 23.9 Å². The molecule has 1 fully saturated rings. The summed E-state index contributed by atoms with van der Waals surface area (Å²) in [7, 11) is 0. The van der Waals surface area contributed by atoms with Gasteiger partial charge in [-0.05, 0) is 24.1 Å². The van der Waals surface area contributed by atoms with Gasteiger partial charge in [-0.25, -0.2) is 14.0 Å². The number of ketones is 1. The second kappa shape index (κ2) is 9.41. The average Bonchev–Trinajstić information content (AvgIpc) is 3.32. The minimum Gasteiger partial charge on any atom is -0.389 e. The zero-order chi connectivity index (χ0) is 24.6. The quantitative estimate of drug-likeness (QED) is 0.437. The summed E-state index contributed by atoms with van der Waals surface area (Å²) in [6.07, 6.45) is 0.0204. The highest BCUT2D eigenvalue weighted by Gasteiger charge is 2.45. The fourth-order valence-electron chi connectivity index (χ4n) is 4.24. The van der Waals surface area contributed by atoms with Crippen LogP contribution in [-0.4, -0.2) is 57.2 Å². The maximum Gasteiger partial charge on any atom is 0.323 e. The number of carbonyl (C=O) groups is 3. The van der Waals surface area contributed by atoms with E-state index >= 15 is 0 Å². The van der Waals surface area contributed by atoms with Crippen molar-refractivity contribution >= 4 is 46.0 Å². The molecule has 3 aromatic rings. The summed E-state index contributed by atoms with van der Waals surface area (Å²) in [6.45, 7) is -0.0661. The molecule has 178 valence electrons. The SMILES string of the molecule is NC(=O)n1cc(NC(=O)N2C[C@@H](N)[C@H](O)[C@H]2C(=O)CCc2cccc(Cl)c2F)c2ccccc21. The first-order chi connectivity index (χ1) is 16.2. The Balaban J connectivity index is 1.54. The first-order valence-corrected chi connectivity index (χ1v) is 10.9. The summed E-state index contributed by atoms with van der Waals surface area (Å²) >= 11 is 5.79. The number of aromatic nitrogens is 1. The maximum absolute atomic E-state index is 14.2. The Kier molecular flexibility index (Phi) is 6.56. The Morgan fingerprint density at radius 1 is 1.18 bits per heavy atom. The zero-order valence-electron chi connectivity index (χ0n) is 17.9. The Labute approximate surface area is 199 Å². The molecule has 11 heteroatoms. The number of fused-ring (bicyclic) bond motifs is 1. The van der Waals surface area contributed by atoms with Crippen LogP contribution in [0.3, 0.4) is 0 Å². The molecule has 34 heavy (non-hydrogen) atoms. The van der Waals surface area contributed by atoms with Crippen LogP contribution in [0.15, 0.2) is 48.7 Å². The number of Topliss-reactive ketones (excluding diaryl/α,β-unsaturated/α-hetero) is 1. The molecule has 3 atom stereocenters. The molecule has 2 aromatic carbocycles. The number of nitrogens with two attached hydrogens (primary N) is 2. The van der Waals surface area contributed by atoms with Gasteiger partial charge in [0.05, 0.1) is 28.4 Å². The monoisotopic (exact) mass is 487 g/mol. The lowest BCUT2D eigenvalue weighted by Gasteiger charge is -2.25. The van der Waals surface area contributed by atoms with Crippen molar-refractivity contribution in [1.82, 2.24) is 9.47 Å². The molecule has 0 bridgehead atoms. The number of nitrogens with one attached hydrogen (secondary N) is 1. The number of hydrogen-bond donors (Lipinski definition) is 4. The fraction of sp³-hybridized carbons (Fsp3) is 0.261. The molecule has 1 aliphatic heterocycles. The van der Waals surface area contributed by atoms with Crippen LogP contribution in [0.5, 0.6) is 0 Å². The third-order valence-corrected chi connectivity index (χ3v) is 6.25. The lowest BCUT2D eigenvalue weighted by Crippen LogP contribution is -2.47. The molecule has 0 spiro atoms. The molecule has 3 amide bonds. The van der Waals surface area contributed by atoms with Crippen LogP contribution in [0.1, 0.15) is 12.0 Å². The van der Waals surface area contributed by atoms with Gasteiger partial charge in [0.25, 0.3) is 0 Å². The van der Waals surface area contributed by atoms with Gasteiger partial charge in [-0.1, -0.05) is 41.9 Å². The molecular formula is C23H23ClFN5O4. The second-order valence-corrected chi connectivity index (χ2v) is 8.54. The number of benzene rings is 2. The highest BCUT2D eigenvalue weighted by molar-refractivity contribution is 6.30. The van der Waals surface area contributed by atoms with Gasteiger partial charge in [0.15, 0.2) is 5.78 Å². The standard InChI is InChI=1S/C23H23ClFN5O4/c24-14-6-3-4-12(19(14)25)8-9-18(31)20-21(32)15(26)10-30(20)23(34)28-16-11-29(22(27)33)17-7-2-1-5-13(16)17/h1-7,11,15,20-21,32H,8-10,26H2,(H2,27,33)(H,28,34)/t15-,20-,21+/m1/s1. The van der Waals surface area contributed by atoms with Gasteiger partial charge in [-0.2, -0.15) is 0 Å². The summed E-state index contributed by atoms with van der Waals surface area (Å²) in [6, 6.07) is 7.89. The van der Waals surface area contributed by atoms with Crippen LogP contribution in [-0.2, 0) is 11.2 Å². The third kappa shape index (κ3) is 4.35. The van der Waals surface area contributed by atoms with Crippen molar-refractivity contribution in [1.29, 1.82) is 0 Å². The predicted molar refractivity (Wildman–Crippen MR) is 125 cm³/mol. The van der Waals surface area contributed by atoms with Gasteiger partial charge < -0.3 is 26.8 Å². The van der Waals surface area contributed by atoms with Crippen LogP contribution in [0.2, 0.25) is 5.02 Å². The smallest absolute Gasteiger partial charge is 0.323 e. The van der Waals surface area contributed by atoms with Crippen molar-refractivity contribution in [3.8, 4) is 0 Å². The minimum atomic E-state index is -1.28. The van der Waals surface area contributed by atoms with Crippen molar-refractivity contribution in [3.05, 3.63) is 65.1 Å². The highest BCUT2D eigenvalue weighted by atomic mass is 35.5. The van der Waals surface area contributed by atoms with E-state index in [0.29, 0.717) is 16.6 Å². The number of aryl methyl sites for hydroxylation is 1. The summed E-state index contributed by atoms with van der Waals surface area (Å²) < 4.78 is 15.4. The molecule has 2 heterocycles. The Bertz CT molecular complexity index is 1280. The average molecular weight is 488 g/mol. The molecule has 6 N–H and O–H groups in total. The highest BCUT2D eigenvalue weighted by Crippen LogP contribution is 2.28. The van der Waals surface area contributed by atoms with E-state index in [1.165, 1.54) is 22.9 Å². The van der Waals surface area contributed by atoms with Gasteiger partial charge in [-0.3, -0.25) is 9.36 Å². The lowest BCUT2D eigenvalue weighted by molar-refractivity contribution is -0.124. The van der Waals surface area contributed by atoms with Crippen molar-refractivity contribution in [3.63, 3.8) is 0 Å². The van der Waals surface area contributed by atoms with Crippen molar-refractivity contribution in [2.75, 3.05) is 11.9 Å². The number of carbonyl (C=O) groups excluding carboxylic acids is 3. The number of urea groups is 1. The van der Waals surface area contributed by atoms with Crippen molar-refractivity contribution in [2.24, 2.45) is 11.5 Å². The molecule has 9 nitrogen and oxygen atoms in total. The molecular weight excluding hydrogens is 465 g/mol. The number of aliphatic hydroxyl groups excluding tert-OH is 1. The first kappa shape index (κ1) is 23.7. The van der Waals surface area contributed by atoms with Crippen LogP contribution in [0, 0.1) is 5.82 Å². The number of primary amides is 1. The molecule has 0 unspecified atom stereocenters. The Morgan fingerprint density at radius 3 is 2.65 bits per heavy atom. The first-order valence-electron chi connectivity index (χ1n) is 10.6. The number of aliphatic hydroxyl groups is 1. The predicted octanol–water partition coefficient (Wildman–Crippen LogP) is 2.47. The molecule has 1 aromatic heterocycles. The molecule has 0 saturated carbocycles. The number of para-hydroxylation sites is 1. The summed E-state index contributed by atoms with van der Waals surface area (Å²) in [4.78, 5) is 39.0. The van der Waals surface area contributed by atoms with Gasteiger partial charge >= 0.3 is 12.1 Å². The Morgan fingerprint density at radius 2 is 1.91 bits per heavy atom. The third-order valence-electron chi connectivity index (χ3n) is 5.96.